The fraction of sp³-hybridized carbons (Fsp3) is 0.562. The molecule has 0 amide bonds. The van der Waals surface area contributed by atoms with E-state index in [1.165, 1.54) is 0 Å². The number of hydrogen-bond acceptors (Lipinski definition) is 2. The van der Waals surface area contributed by atoms with Crippen molar-refractivity contribution in [2.45, 2.75) is 52.0 Å². The van der Waals surface area contributed by atoms with Crippen molar-refractivity contribution in [2.75, 3.05) is 6.54 Å². The van der Waals surface area contributed by atoms with Gasteiger partial charge in [-0.3, -0.25) is 0 Å². The second-order valence-corrected chi connectivity index (χ2v) is 5.28. The molecule has 2 heterocycles. The molecular weight excluding hydrogens is 272 g/mol. The van der Waals surface area contributed by atoms with Gasteiger partial charge in [-0.05, 0) is 43.4 Å². The van der Waals surface area contributed by atoms with Crippen molar-refractivity contribution in [3.05, 3.63) is 35.7 Å². The molecule has 0 saturated heterocycles. The predicted molar refractivity (Wildman–Crippen MR) is 80.8 cm³/mol. The minimum absolute atomic E-state index is 0.254. The molecule has 1 aliphatic rings. The van der Waals surface area contributed by atoms with Crippen LogP contribution >= 0.6 is 0 Å². The van der Waals surface area contributed by atoms with Crippen LogP contribution in [0.25, 0.3) is 5.52 Å². The van der Waals surface area contributed by atoms with Crippen LogP contribution in [0.15, 0.2) is 24.5 Å². The third kappa shape index (κ3) is 3.07. The third-order valence-electron chi connectivity index (χ3n) is 4.06. The third-order valence-corrected chi connectivity index (χ3v) is 4.06. The first kappa shape index (κ1) is 15.9. The molecule has 0 aliphatic heterocycles. The molecule has 3 nitrogen and oxygen atoms in total. The number of nitrogens with one attached hydrogen (secondary N) is 1. The number of rotatable bonds is 4. The van der Waals surface area contributed by atoms with Gasteiger partial charge in [0.25, 0.3) is 6.43 Å². The van der Waals surface area contributed by atoms with Crippen LogP contribution in [0.5, 0.6) is 0 Å². The summed E-state index contributed by atoms with van der Waals surface area (Å²) in [7, 11) is 0. The van der Waals surface area contributed by atoms with Gasteiger partial charge in [-0.15, -0.1) is 0 Å². The molecule has 5 heteroatoms. The molecule has 1 fully saturated rings. The number of halogens is 2. The van der Waals surface area contributed by atoms with Gasteiger partial charge in [-0.1, -0.05) is 19.9 Å². The number of hydrogen-bond donors (Lipinski definition) is 1. The lowest BCUT2D eigenvalue weighted by molar-refractivity contribution is 0.102. The van der Waals surface area contributed by atoms with Crippen molar-refractivity contribution in [3.8, 4) is 0 Å². The van der Waals surface area contributed by atoms with Crippen molar-refractivity contribution in [2.24, 2.45) is 0 Å². The number of fused-ring (bicyclic) bond motifs is 1. The summed E-state index contributed by atoms with van der Waals surface area (Å²) in [6.45, 7) is 5.76. The number of alkyl halides is 2. The Kier molecular flexibility index (Phi) is 4.93. The highest BCUT2D eigenvalue weighted by Crippen LogP contribution is 2.41. The molecule has 2 aromatic heterocycles. The lowest BCUT2D eigenvalue weighted by atomic mass is 9.72. The van der Waals surface area contributed by atoms with E-state index in [9.17, 15) is 8.78 Å². The summed E-state index contributed by atoms with van der Waals surface area (Å²) in [4.78, 5) is 0. The van der Waals surface area contributed by atoms with E-state index in [4.69, 9.17) is 0 Å². The smallest absolute Gasteiger partial charge is 0.250 e. The van der Waals surface area contributed by atoms with Gasteiger partial charge in [-0.2, -0.15) is 5.10 Å². The van der Waals surface area contributed by atoms with Gasteiger partial charge < -0.3 is 5.32 Å². The van der Waals surface area contributed by atoms with E-state index in [1.807, 2.05) is 49.8 Å². The second-order valence-electron chi connectivity index (χ2n) is 5.28. The van der Waals surface area contributed by atoms with Crippen LogP contribution in [-0.2, 0) is 5.54 Å². The van der Waals surface area contributed by atoms with Crippen LogP contribution in [0, 0.1) is 6.92 Å². The Morgan fingerprint density at radius 1 is 1.33 bits per heavy atom. The first-order chi connectivity index (χ1) is 10.1. The monoisotopic (exact) mass is 295 g/mol. The SMILES string of the molecule is CC.Cc1cnn2cc(C3(NCC(F)F)CCC3)ccc12. The van der Waals surface area contributed by atoms with Crippen molar-refractivity contribution < 1.29 is 8.78 Å². The average molecular weight is 295 g/mol. The summed E-state index contributed by atoms with van der Waals surface area (Å²) in [5.74, 6) is 0. The summed E-state index contributed by atoms with van der Waals surface area (Å²) >= 11 is 0. The lowest BCUT2D eigenvalue weighted by Crippen LogP contribution is -2.49. The van der Waals surface area contributed by atoms with Crippen molar-refractivity contribution in [1.29, 1.82) is 0 Å². The first-order valence-electron chi connectivity index (χ1n) is 7.58. The summed E-state index contributed by atoms with van der Waals surface area (Å²) < 4.78 is 26.7. The Bertz CT molecular complexity index is 588. The molecular formula is C16H23F2N3. The highest BCUT2D eigenvalue weighted by atomic mass is 19.3. The minimum Gasteiger partial charge on any atom is -0.302 e. The summed E-state index contributed by atoms with van der Waals surface area (Å²) in [6.07, 6.45) is 4.36. The van der Waals surface area contributed by atoms with E-state index in [1.54, 1.807) is 0 Å². The highest BCUT2D eigenvalue weighted by Gasteiger charge is 2.39. The van der Waals surface area contributed by atoms with Gasteiger partial charge in [0.15, 0.2) is 0 Å². The van der Waals surface area contributed by atoms with E-state index >= 15 is 0 Å². The topological polar surface area (TPSA) is 29.3 Å². The lowest BCUT2D eigenvalue weighted by Gasteiger charge is -2.43. The van der Waals surface area contributed by atoms with Gasteiger partial charge in [-0.25, -0.2) is 13.3 Å². The standard InChI is InChI=1S/C14H17F2N3.C2H6/c1-10-7-18-19-9-11(3-4-12(10)19)14(5-2-6-14)17-8-13(15)16;1-2/h3-4,7,9,13,17H,2,5-6,8H2,1H3;1-2H3. The zero-order valence-electron chi connectivity index (χ0n) is 12.9. The molecule has 0 spiro atoms. The van der Waals surface area contributed by atoms with E-state index in [2.05, 4.69) is 10.4 Å². The van der Waals surface area contributed by atoms with Gasteiger partial charge in [0, 0.05) is 11.7 Å². The second kappa shape index (κ2) is 6.52. The molecule has 0 radical (unpaired) electrons. The fourth-order valence-electron chi connectivity index (χ4n) is 2.77. The Hall–Kier alpha value is -1.49. The number of aryl methyl sites for hydroxylation is 1. The van der Waals surface area contributed by atoms with Crippen LogP contribution in [0.3, 0.4) is 0 Å². The maximum atomic E-state index is 12.4. The first-order valence-corrected chi connectivity index (χ1v) is 7.58. The molecule has 116 valence electrons. The highest BCUT2D eigenvalue weighted by molar-refractivity contribution is 5.54. The van der Waals surface area contributed by atoms with Crippen molar-refractivity contribution in [3.63, 3.8) is 0 Å². The van der Waals surface area contributed by atoms with Gasteiger partial charge >= 0.3 is 0 Å². The number of aromatic nitrogens is 2. The van der Waals surface area contributed by atoms with Crippen LogP contribution < -0.4 is 5.32 Å². The molecule has 1 N–H and O–H groups in total. The molecule has 2 aromatic rings. The average Bonchev–Trinajstić information content (AvgIpc) is 2.81. The van der Waals surface area contributed by atoms with Crippen LogP contribution in [0.1, 0.15) is 44.2 Å². The Morgan fingerprint density at radius 3 is 2.62 bits per heavy atom. The Balaban J connectivity index is 0.000000774. The van der Waals surface area contributed by atoms with Gasteiger partial charge in [0.2, 0.25) is 0 Å². The van der Waals surface area contributed by atoms with Crippen molar-refractivity contribution >= 4 is 5.52 Å². The van der Waals surface area contributed by atoms with Crippen molar-refractivity contribution in [1.82, 2.24) is 14.9 Å². The van der Waals surface area contributed by atoms with Crippen LogP contribution in [0.2, 0.25) is 0 Å². The quantitative estimate of drug-likeness (QED) is 0.927. The maximum absolute atomic E-state index is 12.4. The molecule has 0 bridgehead atoms. The number of nitrogens with zero attached hydrogens (tertiary/aromatic N) is 2. The zero-order valence-corrected chi connectivity index (χ0v) is 12.9. The molecule has 1 aliphatic carbocycles. The molecule has 0 aromatic carbocycles. The summed E-state index contributed by atoms with van der Waals surface area (Å²) in [6, 6.07) is 4.05. The van der Waals surface area contributed by atoms with E-state index in [-0.39, 0.29) is 12.1 Å². The summed E-state index contributed by atoms with van der Waals surface area (Å²) in [5.41, 5.74) is 2.95. The minimum atomic E-state index is -2.31. The van der Waals surface area contributed by atoms with E-state index < -0.39 is 6.43 Å². The van der Waals surface area contributed by atoms with Crippen LogP contribution in [-0.4, -0.2) is 22.6 Å². The summed E-state index contributed by atoms with van der Waals surface area (Å²) in [5, 5.41) is 7.32. The maximum Gasteiger partial charge on any atom is 0.250 e. The Labute approximate surface area is 124 Å². The fourth-order valence-corrected chi connectivity index (χ4v) is 2.77. The van der Waals surface area contributed by atoms with E-state index in [0.29, 0.717) is 0 Å². The zero-order chi connectivity index (χ0) is 15.5. The molecule has 0 atom stereocenters. The normalized spacial score (nSPS) is 16.5. The number of pyridine rings is 1. The van der Waals surface area contributed by atoms with Gasteiger partial charge in [0.1, 0.15) is 0 Å². The molecule has 3 rings (SSSR count). The van der Waals surface area contributed by atoms with E-state index in [0.717, 1.165) is 35.9 Å². The molecule has 1 saturated carbocycles. The Morgan fingerprint density at radius 2 is 2.05 bits per heavy atom. The van der Waals surface area contributed by atoms with Gasteiger partial charge in [0.05, 0.1) is 18.3 Å². The van der Waals surface area contributed by atoms with Crippen LogP contribution in [0.4, 0.5) is 8.78 Å². The molecule has 0 unspecified atom stereocenters. The molecule has 21 heavy (non-hydrogen) atoms. The largest absolute Gasteiger partial charge is 0.302 e. The predicted octanol–water partition coefficient (Wildman–Crippen LogP) is 3.90.